The van der Waals surface area contributed by atoms with E-state index in [1.807, 2.05) is 30.3 Å². The molecule has 0 bridgehead atoms. The highest BCUT2D eigenvalue weighted by molar-refractivity contribution is 5.77. The minimum Gasteiger partial charge on any atom is -0.393 e. The Morgan fingerprint density at radius 3 is 2.50 bits per heavy atom. The summed E-state index contributed by atoms with van der Waals surface area (Å²) in [5.41, 5.74) is 0.305. The van der Waals surface area contributed by atoms with Crippen molar-refractivity contribution < 1.29 is 15.0 Å². The molecule has 2 unspecified atom stereocenters. The van der Waals surface area contributed by atoms with Gasteiger partial charge in [0.2, 0.25) is 5.91 Å². The third-order valence-electron chi connectivity index (χ3n) is 4.47. The van der Waals surface area contributed by atoms with Crippen LogP contribution >= 0.6 is 0 Å². The third kappa shape index (κ3) is 5.11. The van der Waals surface area contributed by atoms with Gasteiger partial charge >= 0.3 is 0 Å². The van der Waals surface area contributed by atoms with E-state index in [0.717, 1.165) is 31.2 Å². The Morgan fingerprint density at radius 1 is 1.27 bits per heavy atom. The standard InChI is InChI=1S/C18H27NO3/c1-14(20)11-16(15-7-3-2-4-8-15)13-19-17(21)12-18(22)9-5-6-10-18/h2-4,7-8,14,16,20,22H,5-6,9-13H2,1H3,(H,19,21). The first-order valence-electron chi connectivity index (χ1n) is 8.21. The number of carbonyl (C=O) groups is 1. The number of carbonyl (C=O) groups excluding carboxylic acids is 1. The average Bonchev–Trinajstić information content (AvgIpc) is 2.90. The predicted molar refractivity (Wildman–Crippen MR) is 86.5 cm³/mol. The number of amides is 1. The number of hydrogen-bond donors (Lipinski definition) is 3. The van der Waals surface area contributed by atoms with E-state index < -0.39 is 11.7 Å². The molecule has 2 atom stereocenters. The molecule has 4 nitrogen and oxygen atoms in total. The van der Waals surface area contributed by atoms with Gasteiger partial charge in [-0.1, -0.05) is 43.2 Å². The molecule has 1 amide bonds. The van der Waals surface area contributed by atoms with Crippen LogP contribution in [0.25, 0.3) is 0 Å². The van der Waals surface area contributed by atoms with E-state index in [4.69, 9.17) is 0 Å². The first-order valence-corrected chi connectivity index (χ1v) is 8.21. The topological polar surface area (TPSA) is 69.6 Å². The number of rotatable bonds is 7. The third-order valence-corrected chi connectivity index (χ3v) is 4.47. The van der Waals surface area contributed by atoms with Gasteiger partial charge in [-0.05, 0) is 31.7 Å². The maximum absolute atomic E-state index is 12.1. The monoisotopic (exact) mass is 305 g/mol. The molecule has 122 valence electrons. The van der Waals surface area contributed by atoms with Crippen LogP contribution in [-0.2, 0) is 4.79 Å². The summed E-state index contributed by atoms with van der Waals surface area (Å²) >= 11 is 0. The van der Waals surface area contributed by atoms with Gasteiger partial charge in [-0.25, -0.2) is 0 Å². The Kier molecular flexibility index (Phi) is 5.98. The fourth-order valence-corrected chi connectivity index (χ4v) is 3.28. The molecular formula is C18H27NO3. The van der Waals surface area contributed by atoms with Gasteiger partial charge in [-0.15, -0.1) is 0 Å². The van der Waals surface area contributed by atoms with Crippen molar-refractivity contribution in [1.29, 1.82) is 0 Å². The minimum absolute atomic E-state index is 0.0865. The van der Waals surface area contributed by atoms with Crippen LogP contribution in [0.4, 0.5) is 0 Å². The van der Waals surface area contributed by atoms with Crippen molar-refractivity contribution in [2.75, 3.05) is 6.54 Å². The smallest absolute Gasteiger partial charge is 0.222 e. The lowest BCUT2D eigenvalue weighted by molar-refractivity contribution is -0.126. The molecule has 1 saturated carbocycles. The van der Waals surface area contributed by atoms with Crippen LogP contribution in [-0.4, -0.2) is 34.4 Å². The Labute approximate surface area is 132 Å². The Bertz CT molecular complexity index is 466. The van der Waals surface area contributed by atoms with E-state index in [-0.39, 0.29) is 18.2 Å². The molecule has 1 aliphatic carbocycles. The molecule has 4 heteroatoms. The molecule has 0 aliphatic heterocycles. The van der Waals surface area contributed by atoms with Crippen LogP contribution in [0.1, 0.15) is 56.9 Å². The summed E-state index contributed by atoms with van der Waals surface area (Å²) in [6.07, 6.45) is 3.81. The van der Waals surface area contributed by atoms with Crippen molar-refractivity contribution in [1.82, 2.24) is 5.32 Å². The molecule has 0 saturated heterocycles. The van der Waals surface area contributed by atoms with Crippen molar-refractivity contribution in [3.05, 3.63) is 35.9 Å². The molecule has 0 heterocycles. The minimum atomic E-state index is -0.809. The molecular weight excluding hydrogens is 278 g/mol. The summed E-state index contributed by atoms with van der Waals surface area (Å²) in [6.45, 7) is 2.25. The van der Waals surface area contributed by atoms with Gasteiger partial charge in [0, 0.05) is 12.5 Å². The van der Waals surface area contributed by atoms with E-state index >= 15 is 0 Å². The summed E-state index contributed by atoms with van der Waals surface area (Å²) in [5.74, 6) is -0.0145. The first-order chi connectivity index (χ1) is 10.5. The quantitative estimate of drug-likeness (QED) is 0.724. The molecule has 1 fully saturated rings. The highest BCUT2D eigenvalue weighted by Crippen LogP contribution is 2.32. The highest BCUT2D eigenvalue weighted by Gasteiger charge is 2.33. The van der Waals surface area contributed by atoms with E-state index in [0.29, 0.717) is 13.0 Å². The molecule has 2 rings (SSSR count). The van der Waals surface area contributed by atoms with Crippen LogP contribution in [0, 0.1) is 0 Å². The lowest BCUT2D eigenvalue weighted by Gasteiger charge is -2.23. The van der Waals surface area contributed by atoms with Crippen LogP contribution < -0.4 is 5.32 Å². The SMILES string of the molecule is CC(O)CC(CNC(=O)CC1(O)CCCC1)c1ccccc1. The van der Waals surface area contributed by atoms with Crippen molar-refractivity contribution in [2.24, 2.45) is 0 Å². The maximum Gasteiger partial charge on any atom is 0.222 e. The lowest BCUT2D eigenvalue weighted by atomic mass is 9.93. The second-order valence-corrected chi connectivity index (χ2v) is 6.60. The fraction of sp³-hybridized carbons (Fsp3) is 0.611. The van der Waals surface area contributed by atoms with E-state index in [2.05, 4.69) is 5.32 Å². The molecule has 1 aromatic rings. The van der Waals surface area contributed by atoms with Crippen molar-refractivity contribution in [3.63, 3.8) is 0 Å². The maximum atomic E-state index is 12.1. The van der Waals surface area contributed by atoms with Crippen molar-refractivity contribution in [3.8, 4) is 0 Å². The zero-order chi connectivity index (χ0) is 16.0. The number of nitrogens with one attached hydrogen (secondary N) is 1. The van der Waals surface area contributed by atoms with Crippen molar-refractivity contribution in [2.45, 2.75) is 63.1 Å². The number of benzene rings is 1. The number of aliphatic hydroxyl groups excluding tert-OH is 1. The Balaban J connectivity index is 1.89. The lowest BCUT2D eigenvalue weighted by Crippen LogP contribution is -2.36. The van der Waals surface area contributed by atoms with Gasteiger partial charge in [0.25, 0.3) is 0 Å². The van der Waals surface area contributed by atoms with Gasteiger partial charge < -0.3 is 15.5 Å². The largest absolute Gasteiger partial charge is 0.393 e. The molecule has 1 aromatic carbocycles. The van der Waals surface area contributed by atoms with Crippen LogP contribution in [0.2, 0.25) is 0 Å². The molecule has 0 radical (unpaired) electrons. The van der Waals surface area contributed by atoms with Gasteiger partial charge in [-0.3, -0.25) is 4.79 Å². The molecule has 1 aliphatic rings. The molecule has 22 heavy (non-hydrogen) atoms. The second kappa shape index (κ2) is 7.75. The molecule has 0 aromatic heterocycles. The van der Waals surface area contributed by atoms with E-state index in [1.165, 1.54) is 0 Å². The van der Waals surface area contributed by atoms with Crippen LogP contribution in [0.5, 0.6) is 0 Å². The van der Waals surface area contributed by atoms with Crippen LogP contribution in [0.15, 0.2) is 30.3 Å². The summed E-state index contributed by atoms with van der Waals surface area (Å²) < 4.78 is 0. The second-order valence-electron chi connectivity index (χ2n) is 6.60. The zero-order valence-electron chi connectivity index (χ0n) is 13.3. The summed E-state index contributed by atoms with van der Waals surface area (Å²) in [6, 6.07) is 9.92. The summed E-state index contributed by atoms with van der Waals surface area (Å²) in [5, 5.41) is 22.9. The van der Waals surface area contributed by atoms with Gasteiger partial charge in [0.1, 0.15) is 0 Å². The van der Waals surface area contributed by atoms with Gasteiger partial charge in [-0.2, -0.15) is 0 Å². The van der Waals surface area contributed by atoms with Crippen molar-refractivity contribution >= 4 is 5.91 Å². The molecule has 3 N–H and O–H groups in total. The Hall–Kier alpha value is -1.39. The zero-order valence-corrected chi connectivity index (χ0v) is 13.3. The van der Waals surface area contributed by atoms with Gasteiger partial charge in [0.15, 0.2) is 0 Å². The Morgan fingerprint density at radius 2 is 1.91 bits per heavy atom. The van der Waals surface area contributed by atoms with Crippen LogP contribution in [0.3, 0.4) is 0 Å². The predicted octanol–water partition coefficient (Wildman–Crippen LogP) is 2.35. The molecule has 0 spiro atoms. The van der Waals surface area contributed by atoms with E-state index in [9.17, 15) is 15.0 Å². The number of aliphatic hydroxyl groups is 2. The highest BCUT2D eigenvalue weighted by atomic mass is 16.3. The normalized spacial score (nSPS) is 19.6. The van der Waals surface area contributed by atoms with Gasteiger partial charge in [0.05, 0.1) is 18.1 Å². The fourth-order valence-electron chi connectivity index (χ4n) is 3.28. The average molecular weight is 305 g/mol. The number of hydrogen-bond acceptors (Lipinski definition) is 3. The summed E-state index contributed by atoms with van der Waals surface area (Å²) in [4.78, 5) is 12.1. The summed E-state index contributed by atoms with van der Waals surface area (Å²) in [7, 11) is 0. The van der Waals surface area contributed by atoms with E-state index in [1.54, 1.807) is 6.92 Å². The first kappa shape index (κ1) is 17.0.